The molecule has 0 unspecified atom stereocenters. The Bertz CT molecular complexity index is 577. The van der Waals surface area contributed by atoms with E-state index in [1.54, 1.807) is 0 Å². The lowest BCUT2D eigenvalue weighted by Crippen LogP contribution is -2.32. The van der Waals surface area contributed by atoms with E-state index in [0.717, 1.165) is 19.2 Å². The quantitative estimate of drug-likeness (QED) is 0.655. The molecule has 1 aromatic carbocycles. The second-order valence-corrected chi connectivity index (χ2v) is 4.66. The van der Waals surface area contributed by atoms with Crippen molar-refractivity contribution in [3.63, 3.8) is 0 Å². The van der Waals surface area contributed by atoms with Crippen molar-refractivity contribution in [3.8, 4) is 0 Å². The molecule has 0 spiro atoms. The van der Waals surface area contributed by atoms with Gasteiger partial charge in [0.15, 0.2) is 0 Å². The van der Waals surface area contributed by atoms with Crippen LogP contribution in [0.3, 0.4) is 0 Å². The molecule has 0 aliphatic carbocycles. The van der Waals surface area contributed by atoms with Crippen molar-refractivity contribution in [3.05, 3.63) is 28.0 Å². The number of carbonyl (C=O) groups is 2. The summed E-state index contributed by atoms with van der Waals surface area (Å²) in [6, 6.07) is 1.88. The minimum atomic E-state index is -5.22. The number of halogens is 5. The van der Waals surface area contributed by atoms with Crippen LogP contribution >= 0.6 is 15.9 Å². The molecule has 1 N–H and O–H groups in total. The highest BCUT2D eigenvalue weighted by atomic mass is 79.9. The van der Waals surface area contributed by atoms with Gasteiger partial charge in [0.25, 0.3) is 5.91 Å². The molecule has 1 rings (SSSR count). The Labute approximate surface area is 124 Å². The summed E-state index contributed by atoms with van der Waals surface area (Å²) in [7, 11) is 2.32. The lowest BCUT2D eigenvalue weighted by atomic mass is 10.1. The third kappa shape index (κ3) is 4.14. The number of hydroxylamine groups is 2. The predicted molar refractivity (Wildman–Crippen MR) is 67.9 cm³/mol. The number of nitrogens with one attached hydrogen (secondary N) is 1. The summed E-state index contributed by atoms with van der Waals surface area (Å²) in [5, 5.41) is 2.01. The Morgan fingerprint density at radius 2 is 1.90 bits per heavy atom. The Morgan fingerprint density at radius 1 is 1.33 bits per heavy atom. The van der Waals surface area contributed by atoms with Gasteiger partial charge in [0.1, 0.15) is 5.82 Å². The first-order valence-corrected chi connectivity index (χ1v) is 6.06. The number of benzene rings is 1. The fraction of sp³-hybridized carbons (Fsp3) is 0.273. The van der Waals surface area contributed by atoms with Gasteiger partial charge in [-0.15, -0.1) is 0 Å². The van der Waals surface area contributed by atoms with E-state index in [0.29, 0.717) is 5.06 Å². The van der Waals surface area contributed by atoms with Gasteiger partial charge < -0.3 is 5.32 Å². The highest BCUT2D eigenvalue weighted by Gasteiger charge is 2.40. The van der Waals surface area contributed by atoms with Gasteiger partial charge in [-0.05, 0) is 12.1 Å². The van der Waals surface area contributed by atoms with Crippen LogP contribution in [-0.2, 0) is 9.63 Å². The molecule has 10 heteroatoms. The lowest BCUT2D eigenvalue weighted by molar-refractivity contribution is -0.167. The van der Waals surface area contributed by atoms with Crippen LogP contribution < -0.4 is 5.32 Å². The van der Waals surface area contributed by atoms with E-state index >= 15 is 0 Å². The third-order valence-electron chi connectivity index (χ3n) is 2.34. The van der Waals surface area contributed by atoms with Crippen LogP contribution in [0, 0.1) is 5.82 Å². The number of hydrogen-bond acceptors (Lipinski definition) is 3. The molecule has 5 nitrogen and oxygen atoms in total. The zero-order valence-electron chi connectivity index (χ0n) is 10.7. The van der Waals surface area contributed by atoms with Crippen molar-refractivity contribution < 1.29 is 32.0 Å². The minimum Gasteiger partial charge on any atom is -0.315 e. The summed E-state index contributed by atoms with van der Waals surface area (Å²) >= 11 is 2.91. The van der Waals surface area contributed by atoms with E-state index in [1.165, 1.54) is 12.4 Å². The number of amides is 2. The monoisotopic (exact) mass is 372 g/mol. The second-order valence-electron chi connectivity index (χ2n) is 3.75. The number of alkyl halides is 3. The molecular formula is C11H9BrF4N2O3. The maximum Gasteiger partial charge on any atom is 0.471 e. The smallest absolute Gasteiger partial charge is 0.315 e. The Kier molecular flexibility index (Phi) is 5.29. The Hall–Kier alpha value is -1.68. The molecule has 0 saturated heterocycles. The molecule has 1 aromatic rings. The molecule has 0 bridgehead atoms. The zero-order valence-corrected chi connectivity index (χ0v) is 12.3. The molecule has 2 amide bonds. The van der Waals surface area contributed by atoms with E-state index in [2.05, 4.69) is 20.8 Å². The van der Waals surface area contributed by atoms with Gasteiger partial charge in [0.2, 0.25) is 0 Å². The van der Waals surface area contributed by atoms with E-state index < -0.39 is 35.1 Å². The highest BCUT2D eigenvalue weighted by Crippen LogP contribution is 2.28. The standard InChI is InChI=1S/C11H9BrF4N2O3/c1-18(21-2)9(19)6-3-5(12)4-7(13)8(6)17-10(20)11(14,15)16/h3-4H,1-2H3,(H,17,20). The van der Waals surface area contributed by atoms with Crippen LogP contribution in [0.2, 0.25) is 0 Å². The molecule has 0 aromatic heterocycles. The molecule has 0 radical (unpaired) electrons. The van der Waals surface area contributed by atoms with Crippen LogP contribution in [0.4, 0.5) is 23.2 Å². The first-order chi connectivity index (χ1) is 9.57. The van der Waals surface area contributed by atoms with Gasteiger partial charge in [-0.25, -0.2) is 9.45 Å². The molecule has 21 heavy (non-hydrogen) atoms. The largest absolute Gasteiger partial charge is 0.471 e. The second kappa shape index (κ2) is 6.39. The summed E-state index contributed by atoms with van der Waals surface area (Å²) in [5.74, 6) is -4.53. The van der Waals surface area contributed by atoms with Crippen molar-refractivity contribution in [1.82, 2.24) is 5.06 Å². The van der Waals surface area contributed by atoms with E-state index in [1.807, 2.05) is 0 Å². The number of anilines is 1. The predicted octanol–water partition coefficient (Wildman–Crippen LogP) is 2.72. The zero-order chi connectivity index (χ0) is 16.4. The Balaban J connectivity index is 3.31. The lowest BCUT2D eigenvalue weighted by Gasteiger charge is -2.18. The minimum absolute atomic E-state index is 0.109. The summed E-state index contributed by atoms with van der Waals surface area (Å²) in [5.41, 5.74) is -1.38. The molecule has 0 aliphatic rings. The van der Waals surface area contributed by atoms with Crippen LogP contribution in [0.25, 0.3) is 0 Å². The van der Waals surface area contributed by atoms with Crippen LogP contribution in [-0.4, -0.2) is 37.2 Å². The van der Waals surface area contributed by atoms with Crippen molar-refractivity contribution in [1.29, 1.82) is 0 Å². The molecular weight excluding hydrogens is 364 g/mol. The molecule has 0 heterocycles. The topological polar surface area (TPSA) is 58.6 Å². The molecule has 0 aliphatic heterocycles. The van der Waals surface area contributed by atoms with Gasteiger partial charge in [-0.1, -0.05) is 15.9 Å². The van der Waals surface area contributed by atoms with E-state index in [4.69, 9.17) is 0 Å². The summed E-state index contributed by atoms with van der Waals surface area (Å²) < 4.78 is 50.6. The number of carbonyl (C=O) groups excluding carboxylic acids is 2. The van der Waals surface area contributed by atoms with Gasteiger partial charge >= 0.3 is 12.1 Å². The van der Waals surface area contributed by atoms with Gasteiger partial charge in [0, 0.05) is 11.5 Å². The van der Waals surface area contributed by atoms with Crippen molar-refractivity contribution >= 4 is 33.4 Å². The van der Waals surface area contributed by atoms with Gasteiger partial charge in [0.05, 0.1) is 18.4 Å². The average Bonchev–Trinajstić information content (AvgIpc) is 2.38. The average molecular weight is 373 g/mol. The molecule has 0 saturated carbocycles. The van der Waals surface area contributed by atoms with Crippen molar-refractivity contribution in [2.24, 2.45) is 0 Å². The number of nitrogens with zero attached hydrogens (tertiary/aromatic N) is 1. The number of rotatable bonds is 3. The molecule has 0 atom stereocenters. The van der Waals surface area contributed by atoms with E-state index in [-0.39, 0.29) is 4.47 Å². The fourth-order valence-electron chi connectivity index (χ4n) is 1.31. The highest BCUT2D eigenvalue weighted by molar-refractivity contribution is 9.10. The van der Waals surface area contributed by atoms with Crippen molar-refractivity contribution in [2.75, 3.05) is 19.5 Å². The van der Waals surface area contributed by atoms with E-state index in [9.17, 15) is 27.2 Å². The Morgan fingerprint density at radius 3 is 2.38 bits per heavy atom. The molecule has 116 valence electrons. The van der Waals surface area contributed by atoms with Gasteiger partial charge in [-0.3, -0.25) is 14.4 Å². The first kappa shape index (κ1) is 17.4. The van der Waals surface area contributed by atoms with Crippen molar-refractivity contribution in [2.45, 2.75) is 6.18 Å². The maximum atomic E-state index is 13.8. The summed E-state index contributed by atoms with van der Waals surface area (Å²) in [4.78, 5) is 27.4. The molecule has 0 fully saturated rings. The third-order valence-corrected chi connectivity index (χ3v) is 2.80. The van der Waals surface area contributed by atoms with Crippen LogP contribution in [0.5, 0.6) is 0 Å². The summed E-state index contributed by atoms with van der Waals surface area (Å²) in [6.45, 7) is 0. The number of hydrogen-bond donors (Lipinski definition) is 1. The fourth-order valence-corrected chi connectivity index (χ4v) is 1.74. The first-order valence-electron chi connectivity index (χ1n) is 5.27. The summed E-state index contributed by atoms with van der Waals surface area (Å²) in [6.07, 6.45) is -5.22. The van der Waals surface area contributed by atoms with Crippen LogP contribution in [0.1, 0.15) is 10.4 Å². The maximum absolute atomic E-state index is 13.8. The normalized spacial score (nSPS) is 11.2. The SMILES string of the molecule is CON(C)C(=O)c1cc(Br)cc(F)c1NC(=O)C(F)(F)F. The van der Waals surface area contributed by atoms with Crippen LogP contribution in [0.15, 0.2) is 16.6 Å². The van der Waals surface area contributed by atoms with Gasteiger partial charge in [-0.2, -0.15) is 13.2 Å².